The highest BCUT2D eigenvalue weighted by Crippen LogP contribution is 2.27. The van der Waals surface area contributed by atoms with Crippen LogP contribution in [0, 0.1) is 20.8 Å². The highest BCUT2D eigenvalue weighted by Gasteiger charge is 2.13. The fourth-order valence-electron chi connectivity index (χ4n) is 2.63. The highest BCUT2D eigenvalue weighted by molar-refractivity contribution is 9.10. The molecule has 0 bridgehead atoms. The van der Waals surface area contributed by atoms with Crippen molar-refractivity contribution in [1.29, 1.82) is 0 Å². The third-order valence-electron chi connectivity index (χ3n) is 3.89. The van der Waals surface area contributed by atoms with Crippen molar-refractivity contribution in [2.75, 3.05) is 7.05 Å². The standard InChI is InChI=1S/C18H22BrN/c1-12-7-5-6-8-15(12)11-17(20-4)16-9-13(2)18(19)14(3)10-16/h5-10,17,20H,11H2,1-4H3. The molecule has 0 amide bonds. The van der Waals surface area contributed by atoms with Crippen LogP contribution < -0.4 is 5.32 Å². The zero-order chi connectivity index (χ0) is 14.7. The second-order valence-electron chi connectivity index (χ2n) is 5.44. The molecule has 0 heterocycles. The average molecular weight is 332 g/mol. The number of rotatable bonds is 4. The van der Waals surface area contributed by atoms with Crippen LogP contribution in [0.25, 0.3) is 0 Å². The first kappa shape index (κ1) is 15.3. The smallest absolute Gasteiger partial charge is 0.0358 e. The summed E-state index contributed by atoms with van der Waals surface area (Å²) in [5, 5.41) is 3.45. The Labute approximate surface area is 130 Å². The van der Waals surface area contributed by atoms with Gasteiger partial charge in [-0.1, -0.05) is 52.3 Å². The van der Waals surface area contributed by atoms with Gasteiger partial charge in [0.05, 0.1) is 0 Å². The Morgan fingerprint density at radius 3 is 2.15 bits per heavy atom. The van der Waals surface area contributed by atoms with E-state index in [4.69, 9.17) is 0 Å². The number of hydrogen-bond acceptors (Lipinski definition) is 1. The molecule has 1 nitrogen and oxygen atoms in total. The van der Waals surface area contributed by atoms with Crippen LogP contribution >= 0.6 is 15.9 Å². The molecular formula is C18H22BrN. The summed E-state index contributed by atoms with van der Waals surface area (Å²) in [7, 11) is 2.04. The lowest BCUT2D eigenvalue weighted by Crippen LogP contribution is -2.19. The van der Waals surface area contributed by atoms with Gasteiger partial charge in [-0.2, -0.15) is 0 Å². The van der Waals surface area contributed by atoms with Crippen LogP contribution in [-0.4, -0.2) is 7.05 Å². The minimum Gasteiger partial charge on any atom is -0.313 e. The normalized spacial score (nSPS) is 12.4. The third-order valence-corrected chi connectivity index (χ3v) is 5.15. The van der Waals surface area contributed by atoms with Crippen molar-refractivity contribution >= 4 is 15.9 Å². The van der Waals surface area contributed by atoms with Crippen molar-refractivity contribution in [3.05, 3.63) is 68.7 Å². The van der Waals surface area contributed by atoms with Crippen molar-refractivity contribution < 1.29 is 0 Å². The Morgan fingerprint density at radius 2 is 1.60 bits per heavy atom. The van der Waals surface area contributed by atoms with Crippen LogP contribution in [0.3, 0.4) is 0 Å². The summed E-state index contributed by atoms with van der Waals surface area (Å²) in [6, 6.07) is 13.5. The first-order valence-corrected chi connectivity index (χ1v) is 7.80. The van der Waals surface area contributed by atoms with Crippen molar-refractivity contribution in [2.45, 2.75) is 33.2 Å². The molecule has 0 spiro atoms. The van der Waals surface area contributed by atoms with Gasteiger partial charge >= 0.3 is 0 Å². The molecule has 1 N–H and O–H groups in total. The van der Waals surface area contributed by atoms with Crippen molar-refractivity contribution in [2.24, 2.45) is 0 Å². The Kier molecular flexibility index (Phi) is 5.00. The van der Waals surface area contributed by atoms with Crippen LogP contribution in [0.2, 0.25) is 0 Å². The molecule has 0 aliphatic rings. The second kappa shape index (κ2) is 6.55. The van der Waals surface area contributed by atoms with Gasteiger partial charge in [-0.05, 0) is 62.1 Å². The third kappa shape index (κ3) is 3.31. The molecule has 2 rings (SSSR count). The maximum Gasteiger partial charge on any atom is 0.0358 e. The van der Waals surface area contributed by atoms with E-state index in [2.05, 4.69) is 78.4 Å². The van der Waals surface area contributed by atoms with Gasteiger partial charge in [-0.3, -0.25) is 0 Å². The first-order valence-electron chi connectivity index (χ1n) is 7.01. The van der Waals surface area contributed by atoms with Gasteiger partial charge in [-0.15, -0.1) is 0 Å². The monoisotopic (exact) mass is 331 g/mol. The molecule has 2 aromatic carbocycles. The predicted octanol–water partition coefficient (Wildman–Crippen LogP) is 4.88. The van der Waals surface area contributed by atoms with Gasteiger partial charge in [0.2, 0.25) is 0 Å². The summed E-state index contributed by atoms with van der Waals surface area (Å²) in [5.41, 5.74) is 6.72. The number of halogens is 1. The van der Waals surface area contributed by atoms with Crippen LogP contribution in [0.5, 0.6) is 0 Å². The Bertz CT molecular complexity index is 581. The Balaban J connectivity index is 2.31. The summed E-state index contributed by atoms with van der Waals surface area (Å²) in [6.45, 7) is 6.49. The molecule has 2 heteroatoms. The van der Waals surface area contributed by atoms with E-state index in [1.807, 2.05) is 7.05 Å². The fraction of sp³-hybridized carbons (Fsp3) is 0.333. The minimum atomic E-state index is 0.349. The van der Waals surface area contributed by atoms with Crippen LogP contribution in [-0.2, 0) is 6.42 Å². The van der Waals surface area contributed by atoms with Crippen LogP contribution in [0.15, 0.2) is 40.9 Å². The van der Waals surface area contributed by atoms with E-state index in [-0.39, 0.29) is 0 Å². The number of hydrogen-bond donors (Lipinski definition) is 1. The van der Waals surface area contributed by atoms with E-state index in [1.165, 1.54) is 32.3 Å². The van der Waals surface area contributed by atoms with Crippen molar-refractivity contribution in [1.82, 2.24) is 5.32 Å². The molecule has 0 aliphatic heterocycles. The number of nitrogens with one attached hydrogen (secondary N) is 1. The van der Waals surface area contributed by atoms with Gasteiger partial charge in [0.15, 0.2) is 0 Å². The van der Waals surface area contributed by atoms with Crippen molar-refractivity contribution in [3.63, 3.8) is 0 Å². The van der Waals surface area contributed by atoms with E-state index in [9.17, 15) is 0 Å². The van der Waals surface area contributed by atoms with Crippen LogP contribution in [0.4, 0.5) is 0 Å². The molecule has 0 saturated heterocycles. The van der Waals surface area contributed by atoms with E-state index in [0.717, 1.165) is 6.42 Å². The largest absolute Gasteiger partial charge is 0.313 e. The zero-order valence-electron chi connectivity index (χ0n) is 12.6. The first-order chi connectivity index (χ1) is 9.52. The van der Waals surface area contributed by atoms with Gasteiger partial charge in [-0.25, -0.2) is 0 Å². The molecule has 1 atom stereocenters. The summed E-state index contributed by atoms with van der Waals surface area (Å²) in [4.78, 5) is 0. The van der Waals surface area contributed by atoms with Gasteiger partial charge in [0.1, 0.15) is 0 Å². The zero-order valence-corrected chi connectivity index (χ0v) is 14.2. The molecule has 2 aromatic rings. The molecule has 0 aromatic heterocycles. The molecule has 106 valence electrons. The number of benzene rings is 2. The minimum absolute atomic E-state index is 0.349. The highest BCUT2D eigenvalue weighted by atomic mass is 79.9. The van der Waals surface area contributed by atoms with Gasteiger partial charge in [0, 0.05) is 10.5 Å². The maximum atomic E-state index is 3.64. The lowest BCUT2D eigenvalue weighted by molar-refractivity contribution is 0.589. The Morgan fingerprint density at radius 1 is 1.00 bits per heavy atom. The molecule has 1 unspecified atom stereocenters. The van der Waals surface area contributed by atoms with Crippen molar-refractivity contribution in [3.8, 4) is 0 Å². The lowest BCUT2D eigenvalue weighted by atomic mass is 9.94. The molecular weight excluding hydrogens is 310 g/mol. The summed E-state index contributed by atoms with van der Waals surface area (Å²) in [5.74, 6) is 0. The summed E-state index contributed by atoms with van der Waals surface area (Å²) in [6.07, 6.45) is 1.02. The fourth-order valence-corrected chi connectivity index (χ4v) is 2.86. The average Bonchev–Trinajstić information content (AvgIpc) is 2.43. The second-order valence-corrected chi connectivity index (χ2v) is 6.23. The van der Waals surface area contributed by atoms with E-state index < -0.39 is 0 Å². The molecule has 0 saturated carbocycles. The number of aryl methyl sites for hydroxylation is 3. The van der Waals surface area contributed by atoms with E-state index in [1.54, 1.807) is 0 Å². The topological polar surface area (TPSA) is 12.0 Å². The molecule has 20 heavy (non-hydrogen) atoms. The van der Waals surface area contributed by atoms with Gasteiger partial charge in [0.25, 0.3) is 0 Å². The summed E-state index contributed by atoms with van der Waals surface area (Å²) >= 11 is 3.64. The predicted molar refractivity (Wildman–Crippen MR) is 90.3 cm³/mol. The van der Waals surface area contributed by atoms with E-state index in [0.29, 0.717) is 6.04 Å². The van der Waals surface area contributed by atoms with Gasteiger partial charge < -0.3 is 5.32 Å². The Hall–Kier alpha value is -1.12. The number of likely N-dealkylation sites (N-methyl/N-ethyl adjacent to an activating group) is 1. The molecule has 0 aliphatic carbocycles. The quantitative estimate of drug-likeness (QED) is 0.842. The lowest BCUT2D eigenvalue weighted by Gasteiger charge is -2.20. The van der Waals surface area contributed by atoms with E-state index >= 15 is 0 Å². The van der Waals surface area contributed by atoms with Crippen LogP contribution in [0.1, 0.15) is 33.9 Å². The molecule has 0 radical (unpaired) electrons. The maximum absolute atomic E-state index is 3.64. The molecule has 0 fully saturated rings. The summed E-state index contributed by atoms with van der Waals surface area (Å²) < 4.78 is 1.21. The SMILES string of the molecule is CNC(Cc1ccccc1C)c1cc(C)c(Br)c(C)c1.